The van der Waals surface area contributed by atoms with Crippen LogP contribution >= 0.6 is 15.9 Å². The highest BCUT2D eigenvalue weighted by molar-refractivity contribution is 9.10. The van der Waals surface area contributed by atoms with Crippen molar-refractivity contribution in [2.45, 2.75) is 19.5 Å². The van der Waals surface area contributed by atoms with Gasteiger partial charge in [0.15, 0.2) is 0 Å². The molecule has 1 N–H and O–H groups in total. The highest BCUT2D eigenvalue weighted by atomic mass is 79.9. The van der Waals surface area contributed by atoms with Crippen molar-refractivity contribution in [3.8, 4) is 0 Å². The largest absolute Gasteiger partial charge is 0.418 e. The minimum absolute atomic E-state index is 0.291. The fraction of sp³-hybridized carbons (Fsp3) is 0.571. The molecule has 0 bridgehead atoms. The highest BCUT2D eigenvalue weighted by Gasteiger charge is 2.36. The molecule has 1 heterocycles. The van der Waals surface area contributed by atoms with E-state index >= 15 is 0 Å². The fourth-order valence-electron chi connectivity index (χ4n) is 2.58. The second-order valence-electron chi connectivity index (χ2n) is 5.07. The van der Waals surface area contributed by atoms with Crippen molar-refractivity contribution in [3.63, 3.8) is 0 Å². The number of benzene rings is 1. The van der Waals surface area contributed by atoms with Crippen LogP contribution in [0, 0.1) is 5.92 Å². The molecule has 1 fully saturated rings. The smallest absolute Gasteiger partial charge is 0.371 e. The second kappa shape index (κ2) is 6.35. The Bertz CT molecular complexity index is 462. The van der Waals surface area contributed by atoms with Gasteiger partial charge in [-0.15, -0.1) is 0 Å². The molecule has 0 amide bonds. The van der Waals surface area contributed by atoms with E-state index in [4.69, 9.17) is 0 Å². The number of hydrogen-bond donors (Lipinski definition) is 1. The van der Waals surface area contributed by atoms with Crippen LogP contribution in [0.5, 0.6) is 0 Å². The summed E-state index contributed by atoms with van der Waals surface area (Å²) in [6.07, 6.45) is -3.39. The number of halogens is 4. The van der Waals surface area contributed by atoms with Crippen molar-refractivity contribution in [3.05, 3.63) is 28.2 Å². The minimum atomic E-state index is -4.32. The van der Waals surface area contributed by atoms with Crippen molar-refractivity contribution in [2.75, 3.05) is 31.1 Å². The molecule has 2 nitrogen and oxygen atoms in total. The first-order valence-corrected chi connectivity index (χ1v) is 7.53. The molecule has 1 unspecified atom stereocenters. The number of rotatable bonds is 4. The molecule has 6 heteroatoms. The Balaban J connectivity index is 2.17. The quantitative estimate of drug-likeness (QED) is 0.885. The predicted molar refractivity (Wildman–Crippen MR) is 78.0 cm³/mol. The predicted octanol–water partition coefficient (Wildman–Crippen LogP) is 3.90. The summed E-state index contributed by atoms with van der Waals surface area (Å²) in [4.78, 5) is 1.84. The van der Waals surface area contributed by atoms with Crippen LogP contribution in [0.3, 0.4) is 0 Å². The zero-order valence-electron chi connectivity index (χ0n) is 11.3. The van der Waals surface area contributed by atoms with Crippen LogP contribution in [0.15, 0.2) is 22.7 Å². The van der Waals surface area contributed by atoms with E-state index < -0.39 is 11.7 Å². The van der Waals surface area contributed by atoms with E-state index in [-0.39, 0.29) is 0 Å². The van der Waals surface area contributed by atoms with Gasteiger partial charge in [-0.25, -0.2) is 0 Å². The molecule has 2 rings (SSSR count). The lowest BCUT2D eigenvalue weighted by atomic mass is 10.1. The monoisotopic (exact) mass is 350 g/mol. The average molecular weight is 351 g/mol. The third kappa shape index (κ3) is 3.67. The van der Waals surface area contributed by atoms with Crippen LogP contribution < -0.4 is 10.2 Å². The summed E-state index contributed by atoms with van der Waals surface area (Å²) < 4.78 is 39.8. The molecule has 0 aliphatic carbocycles. The molecular formula is C14H18BrF3N2. The van der Waals surface area contributed by atoms with Gasteiger partial charge < -0.3 is 10.2 Å². The molecule has 1 aliphatic heterocycles. The zero-order chi connectivity index (χ0) is 14.8. The summed E-state index contributed by atoms with van der Waals surface area (Å²) >= 11 is 3.11. The van der Waals surface area contributed by atoms with Gasteiger partial charge >= 0.3 is 6.18 Å². The third-order valence-electron chi connectivity index (χ3n) is 3.57. The van der Waals surface area contributed by atoms with E-state index in [0.717, 1.165) is 25.6 Å². The SMILES string of the molecule is CCNCC1CCN(c2ccc(Br)cc2C(F)(F)F)C1. The summed E-state index contributed by atoms with van der Waals surface area (Å²) in [6, 6.07) is 4.39. The first-order valence-electron chi connectivity index (χ1n) is 6.74. The molecule has 0 aromatic heterocycles. The topological polar surface area (TPSA) is 15.3 Å². The van der Waals surface area contributed by atoms with E-state index in [0.29, 0.717) is 29.2 Å². The van der Waals surface area contributed by atoms with Gasteiger partial charge in [0.05, 0.1) is 5.56 Å². The highest BCUT2D eigenvalue weighted by Crippen LogP contribution is 2.39. The first kappa shape index (κ1) is 15.6. The molecule has 0 radical (unpaired) electrons. The standard InChI is InChI=1S/C14H18BrF3N2/c1-2-19-8-10-5-6-20(9-10)13-4-3-11(15)7-12(13)14(16,17)18/h3-4,7,10,19H,2,5-6,8-9H2,1H3. The van der Waals surface area contributed by atoms with Crippen LogP contribution in [0.4, 0.5) is 18.9 Å². The third-order valence-corrected chi connectivity index (χ3v) is 4.07. The number of nitrogens with one attached hydrogen (secondary N) is 1. The lowest BCUT2D eigenvalue weighted by molar-refractivity contribution is -0.137. The molecule has 1 aromatic carbocycles. The van der Waals surface area contributed by atoms with Crippen molar-refractivity contribution in [2.24, 2.45) is 5.92 Å². The summed E-state index contributed by atoms with van der Waals surface area (Å²) in [6.45, 7) is 5.15. The molecule has 20 heavy (non-hydrogen) atoms. The van der Waals surface area contributed by atoms with E-state index in [1.807, 2.05) is 11.8 Å². The maximum absolute atomic E-state index is 13.1. The Morgan fingerprint density at radius 1 is 1.40 bits per heavy atom. The van der Waals surface area contributed by atoms with Gasteiger partial charge in [0, 0.05) is 23.2 Å². The maximum Gasteiger partial charge on any atom is 0.418 e. The van der Waals surface area contributed by atoms with Gasteiger partial charge in [-0.1, -0.05) is 22.9 Å². The summed E-state index contributed by atoms with van der Waals surface area (Å²) in [7, 11) is 0. The van der Waals surface area contributed by atoms with E-state index in [1.54, 1.807) is 12.1 Å². The van der Waals surface area contributed by atoms with Gasteiger partial charge in [0.25, 0.3) is 0 Å². The van der Waals surface area contributed by atoms with E-state index in [1.165, 1.54) is 0 Å². The van der Waals surface area contributed by atoms with Crippen molar-refractivity contribution >= 4 is 21.6 Å². The normalized spacial score (nSPS) is 19.6. The molecule has 1 aliphatic rings. The van der Waals surface area contributed by atoms with Gasteiger partial charge in [-0.3, -0.25) is 0 Å². The van der Waals surface area contributed by atoms with Crippen molar-refractivity contribution in [1.82, 2.24) is 5.32 Å². The van der Waals surface area contributed by atoms with Crippen LogP contribution in [0.1, 0.15) is 18.9 Å². The van der Waals surface area contributed by atoms with Crippen LogP contribution in [0.25, 0.3) is 0 Å². The van der Waals surface area contributed by atoms with Crippen LogP contribution in [-0.2, 0) is 6.18 Å². The average Bonchev–Trinajstić information content (AvgIpc) is 2.84. The Labute approximate surface area is 125 Å². The molecule has 1 atom stereocenters. The Morgan fingerprint density at radius 3 is 2.80 bits per heavy atom. The van der Waals surface area contributed by atoms with Gasteiger partial charge in [-0.05, 0) is 43.6 Å². The molecule has 0 spiro atoms. The Hall–Kier alpha value is -0.750. The summed E-state index contributed by atoms with van der Waals surface area (Å²) in [5.41, 5.74) is -0.268. The van der Waals surface area contributed by atoms with E-state index in [2.05, 4.69) is 21.2 Å². The summed E-state index contributed by atoms with van der Waals surface area (Å²) in [5.74, 6) is 0.416. The lowest BCUT2D eigenvalue weighted by Gasteiger charge is -2.23. The van der Waals surface area contributed by atoms with Gasteiger partial charge in [-0.2, -0.15) is 13.2 Å². The molecule has 1 saturated heterocycles. The lowest BCUT2D eigenvalue weighted by Crippen LogP contribution is -2.27. The number of anilines is 1. The second-order valence-corrected chi connectivity index (χ2v) is 5.98. The summed E-state index contributed by atoms with van der Waals surface area (Å²) in [5, 5.41) is 3.26. The van der Waals surface area contributed by atoms with E-state index in [9.17, 15) is 13.2 Å². The van der Waals surface area contributed by atoms with Gasteiger partial charge in [0.1, 0.15) is 0 Å². The Kier molecular flexibility index (Phi) is 4.96. The molecular weight excluding hydrogens is 333 g/mol. The van der Waals surface area contributed by atoms with Crippen molar-refractivity contribution < 1.29 is 13.2 Å². The van der Waals surface area contributed by atoms with Gasteiger partial charge in [0.2, 0.25) is 0 Å². The maximum atomic E-state index is 13.1. The zero-order valence-corrected chi connectivity index (χ0v) is 12.9. The molecule has 1 aromatic rings. The van der Waals surface area contributed by atoms with Crippen LogP contribution in [-0.4, -0.2) is 26.2 Å². The number of nitrogens with zero attached hydrogens (tertiary/aromatic N) is 1. The van der Waals surface area contributed by atoms with Crippen molar-refractivity contribution in [1.29, 1.82) is 0 Å². The fourth-order valence-corrected chi connectivity index (χ4v) is 2.94. The van der Waals surface area contributed by atoms with Crippen LogP contribution in [0.2, 0.25) is 0 Å². The number of hydrogen-bond acceptors (Lipinski definition) is 2. The molecule has 0 saturated carbocycles. The number of alkyl halides is 3. The molecule has 112 valence electrons. The Morgan fingerprint density at radius 2 is 2.15 bits per heavy atom. The first-order chi connectivity index (χ1) is 9.41. The minimum Gasteiger partial charge on any atom is -0.371 e.